The Kier molecular flexibility index (Phi) is 5.17. The van der Waals surface area contributed by atoms with Crippen LogP contribution in [0.4, 0.5) is 8.78 Å². The minimum atomic E-state index is -1.34. The number of hydrogen-bond acceptors (Lipinski definition) is 2. The second kappa shape index (κ2) is 5.86. The lowest BCUT2D eigenvalue weighted by Crippen LogP contribution is -2.40. The Bertz CT molecular complexity index is 437. The van der Waals surface area contributed by atoms with Crippen LogP contribution in [-0.4, -0.2) is 9.30 Å². The summed E-state index contributed by atoms with van der Waals surface area (Å²) in [6.07, 6.45) is 0. The van der Waals surface area contributed by atoms with Crippen molar-refractivity contribution in [2.75, 3.05) is 0 Å². The number of rotatable bonds is 3. The van der Waals surface area contributed by atoms with Gasteiger partial charge in [0.05, 0.1) is 10.5 Å². The summed E-state index contributed by atoms with van der Waals surface area (Å²) < 4.78 is 41.3. The van der Waals surface area contributed by atoms with E-state index in [1.165, 1.54) is 0 Å². The molecule has 0 aliphatic heterocycles. The summed E-state index contributed by atoms with van der Waals surface area (Å²) in [5, 5.41) is 0. The summed E-state index contributed by atoms with van der Waals surface area (Å²) in [5.74, 6) is -1.07. The number of benzene rings is 1. The normalized spacial score (nSPS) is 15.6. The highest BCUT2D eigenvalue weighted by atomic mass is 79.9. The lowest BCUT2D eigenvalue weighted by Gasteiger charge is -2.26. The molecule has 0 aliphatic rings. The molecule has 2 nitrogen and oxygen atoms in total. The maximum Gasteiger partial charge on any atom is 0.137 e. The van der Waals surface area contributed by atoms with Crippen LogP contribution in [0.5, 0.6) is 0 Å². The van der Waals surface area contributed by atoms with Crippen LogP contribution < -0.4 is 4.72 Å². The Balaban J connectivity index is 2.91. The fourth-order valence-electron chi connectivity index (χ4n) is 1.27. The molecule has 0 radical (unpaired) electrons. The summed E-state index contributed by atoms with van der Waals surface area (Å²) in [4.78, 5) is 0. The Morgan fingerprint density at radius 3 is 2.33 bits per heavy atom. The minimum Gasteiger partial charge on any atom is -0.598 e. The predicted octanol–water partition coefficient (Wildman–Crippen LogP) is 3.84. The van der Waals surface area contributed by atoms with Crippen LogP contribution >= 0.6 is 15.9 Å². The second-order valence-corrected chi connectivity index (χ2v) is 7.86. The van der Waals surface area contributed by atoms with Crippen molar-refractivity contribution < 1.29 is 13.3 Å². The molecule has 0 spiro atoms. The monoisotopic (exact) mass is 339 g/mol. The van der Waals surface area contributed by atoms with E-state index < -0.39 is 33.8 Å². The van der Waals surface area contributed by atoms with Crippen molar-refractivity contribution in [1.29, 1.82) is 0 Å². The number of nitrogens with one attached hydrogen (secondary N) is 1. The van der Waals surface area contributed by atoms with E-state index in [4.69, 9.17) is 0 Å². The third-order valence-corrected chi connectivity index (χ3v) is 4.63. The maximum atomic E-state index is 13.7. The van der Waals surface area contributed by atoms with Crippen molar-refractivity contribution in [2.45, 2.75) is 38.5 Å². The quantitative estimate of drug-likeness (QED) is 0.670. The summed E-state index contributed by atoms with van der Waals surface area (Å²) >= 11 is 1.58. The van der Waals surface area contributed by atoms with Gasteiger partial charge in [-0.05, 0) is 55.8 Å². The van der Waals surface area contributed by atoms with Gasteiger partial charge in [0.2, 0.25) is 0 Å². The predicted molar refractivity (Wildman–Crippen MR) is 73.5 cm³/mol. The molecule has 102 valence electrons. The topological polar surface area (TPSA) is 35.1 Å². The average Bonchev–Trinajstić information content (AvgIpc) is 2.21. The van der Waals surface area contributed by atoms with E-state index in [0.29, 0.717) is 0 Å². The summed E-state index contributed by atoms with van der Waals surface area (Å²) in [6.45, 7) is 7.07. The van der Waals surface area contributed by atoms with Crippen LogP contribution in [0.3, 0.4) is 0 Å². The van der Waals surface area contributed by atoms with Crippen molar-refractivity contribution in [1.82, 2.24) is 4.72 Å². The van der Waals surface area contributed by atoms with Crippen LogP contribution in [0.2, 0.25) is 0 Å². The van der Waals surface area contributed by atoms with Gasteiger partial charge >= 0.3 is 0 Å². The summed E-state index contributed by atoms with van der Waals surface area (Å²) in [6, 6.07) is 1.65. The molecule has 0 heterocycles. The van der Waals surface area contributed by atoms with E-state index in [9.17, 15) is 13.3 Å². The molecule has 1 aromatic rings. The fourth-order valence-corrected chi connectivity index (χ4v) is 2.39. The smallest absolute Gasteiger partial charge is 0.137 e. The maximum absolute atomic E-state index is 13.7. The molecule has 0 saturated carbocycles. The highest BCUT2D eigenvalue weighted by molar-refractivity contribution is 9.10. The molecular weight excluding hydrogens is 324 g/mol. The van der Waals surface area contributed by atoms with Gasteiger partial charge in [0, 0.05) is 16.9 Å². The molecule has 1 rings (SSSR count). The second-order valence-electron chi connectivity index (χ2n) is 5.01. The molecule has 2 unspecified atom stereocenters. The first-order chi connectivity index (χ1) is 8.12. The van der Waals surface area contributed by atoms with Crippen LogP contribution in [0.15, 0.2) is 16.6 Å². The van der Waals surface area contributed by atoms with E-state index in [1.54, 1.807) is 27.7 Å². The van der Waals surface area contributed by atoms with E-state index in [-0.39, 0.29) is 10.0 Å². The molecule has 0 saturated heterocycles. The molecule has 6 heteroatoms. The Morgan fingerprint density at radius 2 is 1.83 bits per heavy atom. The van der Waals surface area contributed by atoms with Crippen molar-refractivity contribution in [3.05, 3.63) is 33.8 Å². The van der Waals surface area contributed by atoms with E-state index >= 15 is 0 Å². The van der Waals surface area contributed by atoms with Crippen molar-refractivity contribution in [2.24, 2.45) is 0 Å². The van der Waals surface area contributed by atoms with Gasteiger partial charge in [-0.2, -0.15) is 0 Å². The Labute approximate surface area is 118 Å². The molecule has 1 aromatic carbocycles. The zero-order valence-corrected chi connectivity index (χ0v) is 13.1. The molecule has 0 aliphatic carbocycles. The fraction of sp³-hybridized carbons (Fsp3) is 0.500. The summed E-state index contributed by atoms with van der Waals surface area (Å²) in [5.41, 5.74) is 0.160. The lowest BCUT2D eigenvalue weighted by molar-refractivity contribution is 0.518. The third kappa shape index (κ3) is 3.91. The van der Waals surface area contributed by atoms with E-state index in [1.807, 2.05) is 0 Å². The van der Waals surface area contributed by atoms with E-state index in [0.717, 1.165) is 12.1 Å². The van der Waals surface area contributed by atoms with Gasteiger partial charge in [-0.25, -0.2) is 8.78 Å². The van der Waals surface area contributed by atoms with Gasteiger partial charge in [-0.3, -0.25) is 0 Å². The van der Waals surface area contributed by atoms with Crippen LogP contribution in [0, 0.1) is 11.6 Å². The molecule has 0 aromatic heterocycles. The molecule has 0 fully saturated rings. The Hall–Kier alpha value is -0.170. The standard InChI is InChI=1S/C12H16BrF2NOS/c1-7(16-18(17)12(2,3)4)8-5-11(15)9(13)6-10(8)14/h5-7,16H,1-4H3. The molecule has 18 heavy (non-hydrogen) atoms. The highest BCUT2D eigenvalue weighted by Gasteiger charge is 2.29. The van der Waals surface area contributed by atoms with Crippen LogP contribution in [-0.2, 0) is 11.4 Å². The van der Waals surface area contributed by atoms with Gasteiger partial charge < -0.3 is 4.55 Å². The minimum absolute atomic E-state index is 0.0768. The van der Waals surface area contributed by atoms with Crippen molar-refractivity contribution in [3.8, 4) is 0 Å². The largest absolute Gasteiger partial charge is 0.598 e. The van der Waals surface area contributed by atoms with Crippen molar-refractivity contribution >= 4 is 27.3 Å². The molecule has 1 N–H and O–H groups in total. The molecule has 2 atom stereocenters. The SMILES string of the molecule is CC(N[S+]([O-])C(C)(C)C)c1cc(F)c(Br)cc1F. The average molecular weight is 340 g/mol. The zero-order chi connectivity index (χ0) is 14.1. The first-order valence-electron chi connectivity index (χ1n) is 5.45. The summed E-state index contributed by atoms with van der Waals surface area (Å²) in [7, 11) is 0. The molecule has 0 bridgehead atoms. The van der Waals surface area contributed by atoms with Gasteiger partial charge in [0.25, 0.3) is 0 Å². The number of hydrogen-bond donors (Lipinski definition) is 1. The first-order valence-corrected chi connectivity index (χ1v) is 7.39. The lowest BCUT2D eigenvalue weighted by atomic mass is 10.1. The highest BCUT2D eigenvalue weighted by Crippen LogP contribution is 2.26. The zero-order valence-electron chi connectivity index (χ0n) is 10.7. The first kappa shape index (κ1) is 15.9. The third-order valence-electron chi connectivity index (χ3n) is 2.35. The van der Waals surface area contributed by atoms with Gasteiger partial charge in [0.1, 0.15) is 16.4 Å². The van der Waals surface area contributed by atoms with Gasteiger partial charge in [0.15, 0.2) is 0 Å². The van der Waals surface area contributed by atoms with Gasteiger partial charge in [-0.15, -0.1) is 4.72 Å². The Morgan fingerprint density at radius 1 is 1.28 bits per heavy atom. The number of halogens is 3. The molecule has 0 amide bonds. The van der Waals surface area contributed by atoms with Gasteiger partial charge in [-0.1, -0.05) is 0 Å². The molecular formula is C12H16BrF2NOS. The van der Waals surface area contributed by atoms with Crippen LogP contribution in [0.25, 0.3) is 0 Å². The van der Waals surface area contributed by atoms with Crippen molar-refractivity contribution in [3.63, 3.8) is 0 Å². The van der Waals surface area contributed by atoms with E-state index in [2.05, 4.69) is 20.7 Å². The van der Waals surface area contributed by atoms with Crippen LogP contribution in [0.1, 0.15) is 39.3 Å².